The molecule has 0 spiro atoms. The largest absolute Gasteiger partial charge is 0.492 e. The molecule has 2 rings (SSSR count). The molecule has 0 aliphatic rings. The lowest BCUT2D eigenvalue weighted by Gasteiger charge is -2.09. The average molecular weight is 271 g/mol. The van der Waals surface area contributed by atoms with Crippen LogP contribution >= 0.6 is 0 Å². The van der Waals surface area contributed by atoms with Crippen LogP contribution in [0.25, 0.3) is 0 Å². The number of hydrogen-bond acceptors (Lipinski definition) is 4. The molecule has 0 fully saturated rings. The Bertz CT molecular complexity index is 499. The maximum absolute atomic E-state index is 5.92. The van der Waals surface area contributed by atoms with E-state index >= 15 is 0 Å². The molecule has 20 heavy (non-hydrogen) atoms. The molecule has 0 aliphatic heterocycles. The van der Waals surface area contributed by atoms with Crippen molar-refractivity contribution in [1.29, 1.82) is 0 Å². The summed E-state index contributed by atoms with van der Waals surface area (Å²) in [5.74, 6) is 0.798. The van der Waals surface area contributed by atoms with Crippen LogP contribution in [0, 0.1) is 0 Å². The first-order valence-corrected chi connectivity index (χ1v) is 7.03. The highest BCUT2D eigenvalue weighted by molar-refractivity contribution is 5.21. The molecule has 0 bridgehead atoms. The normalized spacial score (nSPS) is 12.1. The first-order valence-electron chi connectivity index (χ1n) is 7.03. The molecular weight excluding hydrogens is 250 g/mol. The van der Waals surface area contributed by atoms with Gasteiger partial charge < -0.3 is 10.5 Å². The number of rotatable bonds is 7. The van der Waals surface area contributed by atoms with Crippen LogP contribution in [0.4, 0.5) is 0 Å². The van der Waals surface area contributed by atoms with Crippen LogP contribution in [0.15, 0.2) is 42.9 Å². The van der Waals surface area contributed by atoms with Crippen LogP contribution in [-0.2, 0) is 6.42 Å². The van der Waals surface area contributed by atoms with Crippen molar-refractivity contribution in [3.05, 3.63) is 54.1 Å². The van der Waals surface area contributed by atoms with Crippen molar-refractivity contribution in [2.24, 2.45) is 5.73 Å². The van der Waals surface area contributed by atoms with Gasteiger partial charge in [-0.3, -0.25) is 9.97 Å². The van der Waals surface area contributed by atoms with Crippen molar-refractivity contribution in [2.45, 2.75) is 32.2 Å². The van der Waals surface area contributed by atoms with Gasteiger partial charge in [0.2, 0.25) is 0 Å². The van der Waals surface area contributed by atoms with E-state index in [-0.39, 0.29) is 6.04 Å². The van der Waals surface area contributed by atoms with Crippen molar-refractivity contribution >= 4 is 0 Å². The lowest BCUT2D eigenvalue weighted by molar-refractivity contribution is 0.309. The van der Waals surface area contributed by atoms with E-state index in [1.54, 1.807) is 6.20 Å². The highest BCUT2D eigenvalue weighted by Gasteiger charge is 2.04. The molecule has 0 amide bonds. The molecule has 1 atom stereocenters. The molecule has 0 saturated carbocycles. The monoisotopic (exact) mass is 271 g/mol. The van der Waals surface area contributed by atoms with Gasteiger partial charge in [0.1, 0.15) is 5.75 Å². The van der Waals surface area contributed by atoms with Crippen LogP contribution in [-0.4, -0.2) is 16.6 Å². The zero-order valence-electron chi connectivity index (χ0n) is 11.8. The van der Waals surface area contributed by atoms with E-state index in [1.807, 2.05) is 36.7 Å². The molecule has 0 aliphatic carbocycles. The van der Waals surface area contributed by atoms with E-state index in [2.05, 4.69) is 16.9 Å². The van der Waals surface area contributed by atoms with Crippen LogP contribution in [0.5, 0.6) is 5.75 Å². The van der Waals surface area contributed by atoms with Crippen molar-refractivity contribution in [3.63, 3.8) is 0 Å². The van der Waals surface area contributed by atoms with Crippen LogP contribution in [0.3, 0.4) is 0 Å². The molecular formula is C16H21N3O. The quantitative estimate of drug-likeness (QED) is 0.787. The minimum absolute atomic E-state index is 0.00994. The lowest BCUT2D eigenvalue weighted by atomic mass is 10.1. The third-order valence-electron chi connectivity index (χ3n) is 3.21. The number of aryl methyl sites for hydroxylation is 1. The standard InChI is InChI=1S/C16H21N3O/c1-2-15(17)16-6-5-14(12-19-16)20-11-3-4-13-7-9-18-10-8-13/h5-10,12,15H,2-4,11,17H2,1H3/t15-/m1/s1. The van der Waals surface area contributed by atoms with Gasteiger partial charge >= 0.3 is 0 Å². The fourth-order valence-electron chi connectivity index (χ4n) is 1.92. The third-order valence-corrected chi connectivity index (χ3v) is 3.21. The molecule has 0 aromatic carbocycles. The molecule has 0 saturated heterocycles. The van der Waals surface area contributed by atoms with E-state index < -0.39 is 0 Å². The summed E-state index contributed by atoms with van der Waals surface area (Å²) < 4.78 is 5.68. The summed E-state index contributed by atoms with van der Waals surface area (Å²) in [6, 6.07) is 7.94. The first-order chi connectivity index (χ1) is 9.79. The SMILES string of the molecule is CC[C@@H](N)c1ccc(OCCCc2ccncc2)cn1. The number of pyridine rings is 2. The molecule has 0 radical (unpaired) electrons. The summed E-state index contributed by atoms with van der Waals surface area (Å²) in [7, 11) is 0. The van der Waals surface area contributed by atoms with Gasteiger partial charge in [-0.1, -0.05) is 6.92 Å². The maximum Gasteiger partial charge on any atom is 0.137 e. The summed E-state index contributed by atoms with van der Waals surface area (Å²) in [5.41, 5.74) is 8.12. The molecule has 0 unspecified atom stereocenters. The summed E-state index contributed by atoms with van der Waals surface area (Å²) in [6.45, 7) is 2.74. The smallest absolute Gasteiger partial charge is 0.137 e. The van der Waals surface area contributed by atoms with Crippen molar-refractivity contribution in [1.82, 2.24) is 9.97 Å². The Hall–Kier alpha value is -1.94. The van der Waals surface area contributed by atoms with Crippen molar-refractivity contribution in [2.75, 3.05) is 6.61 Å². The minimum atomic E-state index is 0.00994. The van der Waals surface area contributed by atoms with Gasteiger partial charge in [0.05, 0.1) is 18.5 Å². The molecule has 4 heteroatoms. The van der Waals surface area contributed by atoms with E-state index in [0.29, 0.717) is 6.61 Å². The van der Waals surface area contributed by atoms with E-state index in [0.717, 1.165) is 30.7 Å². The minimum Gasteiger partial charge on any atom is -0.492 e. The second-order valence-corrected chi connectivity index (χ2v) is 4.74. The average Bonchev–Trinajstić information content (AvgIpc) is 2.52. The van der Waals surface area contributed by atoms with Crippen LogP contribution in [0.1, 0.15) is 37.1 Å². The molecule has 2 heterocycles. The van der Waals surface area contributed by atoms with E-state index in [1.165, 1.54) is 5.56 Å². The third kappa shape index (κ3) is 4.31. The van der Waals surface area contributed by atoms with Gasteiger partial charge in [-0.15, -0.1) is 0 Å². The Balaban J connectivity index is 1.74. The predicted molar refractivity (Wildman–Crippen MR) is 79.5 cm³/mol. The highest BCUT2D eigenvalue weighted by Crippen LogP contribution is 2.15. The van der Waals surface area contributed by atoms with E-state index in [9.17, 15) is 0 Å². The maximum atomic E-state index is 5.92. The number of hydrogen-bond donors (Lipinski definition) is 1. The Kier molecular flexibility index (Phi) is 5.50. The number of aromatic nitrogens is 2. The Morgan fingerprint density at radius 3 is 2.65 bits per heavy atom. The second kappa shape index (κ2) is 7.60. The zero-order valence-corrected chi connectivity index (χ0v) is 11.8. The van der Waals surface area contributed by atoms with Crippen LogP contribution in [0.2, 0.25) is 0 Å². The fourth-order valence-corrected chi connectivity index (χ4v) is 1.92. The Morgan fingerprint density at radius 2 is 2.00 bits per heavy atom. The Labute approximate surface area is 120 Å². The summed E-state index contributed by atoms with van der Waals surface area (Å²) >= 11 is 0. The van der Waals surface area contributed by atoms with Gasteiger partial charge in [-0.2, -0.15) is 0 Å². The Morgan fingerprint density at radius 1 is 1.20 bits per heavy atom. The van der Waals surface area contributed by atoms with Gasteiger partial charge in [0, 0.05) is 18.4 Å². The second-order valence-electron chi connectivity index (χ2n) is 4.74. The molecule has 106 valence electrons. The van der Waals surface area contributed by atoms with Crippen molar-refractivity contribution < 1.29 is 4.74 Å². The van der Waals surface area contributed by atoms with E-state index in [4.69, 9.17) is 10.5 Å². The zero-order chi connectivity index (χ0) is 14.2. The topological polar surface area (TPSA) is 61.0 Å². The summed E-state index contributed by atoms with van der Waals surface area (Å²) in [4.78, 5) is 8.33. The summed E-state index contributed by atoms with van der Waals surface area (Å²) in [5, 5.41) is 0. The number of ether oxygens (including phenoxy) is 1. The number of nitrogens with zero attached hydrogens (tertiary/aromatic N) is 2. The van der Waals surface area contributed by atoms with Gasteiger partial charge in [0.15, 0.2) is 0 Å². The van der Waals surface area contributed by atoms with Gasteiger partial charge in [-0.05, 0) is 49.1 Å². The molecule has 2 aromatic rings. The number of nitrogens with two attached hydrogens (primary N) is 1. The highest BCUT2D eigenvalue weighted by atomic mass is 16.5. The van der Waals surface area contributed by atoms with Crippen molar-refractivity contribution in [3.8, 4) is 5.75 Å². The van der Waals surface area contributed by atoms with Gasteiger partial charge in [0.25, 0.3) is 0 Å². The lowest BCUT2D eigenvalue weighted by Crippen LogP contribution is -2.10. The predicted octanol–water partition coefficient (Wildman–Crippen LogP) is 2.90. The first kappa shape index (κ1) is 14.5. The molecule has 2 N–H and O–H groups in total. The molecule has 4 nitrogen and oxygen atoms in total. The summed E-state index contributed by atoms with van der Waals surface area (Å²) in [6.07, 6.45) is 8.23. The van der Waals surface area contributed by atoms with Gasteiger partial charge in [-0.25, -0.2) is 0 Å². The fraction of sp³-hybridized carbons (Fsp3) is 0.375. The van der Waals surface area contributed by atoms with Crippen LogP contribution < -0.4 is 10.5 Å². The molecule has 2 aromatic heterocycles.